The number of carbonyl (C=O) groups is 2. The second kappa shape index (κ2) is 12.6. The van der Waals surface area contributed by atoms with Crippen LogP contribution in [0.1, 0.15) is 37.7 Å². The zero-order valence-electron chi connectivity index (χ0n) is 20.6. The van der Waals surface area contributed by atoms with E-state index in [1.165, 1.54) is 0 Å². The maximum atomic E-state index is 13.7. The molecule has 0 saturated carbocycles. The number of piperidine rings is 1. The fraction of sp³-hybridized carbons (Fsp3) is 0.500. The molecule has 2 aromatic rings. The second-order valence-electron chi connectivity index (χ2n) is 9.26. The van der Waals surface area contributed by atoms with Crippen molar-refractivity contribution >= 4 is 11.8 Å². The highest BCUT2D eigenvalue weighted by Crippen LogP contribution is 2.25. The van der Waals surface area contributed by atoms with E-state index >= 15 is 0 Å². The molecule has 0 spiro atoms. The average Bonchev–Trinajstić information content (AvgIpc) is 3.42. The third-order valence-corrected chi connectivity index (χ3v) is 6.76. The lowest BCUT2D eigenvalue weighted by Gasteiger charge is -2.36. The molecule has 2 unspecified atom stereocenters. The van der Waals surface area contributed by atoms with Gasteiger partial charge in [-0.15, -0.1) is 0 Å². The standard InChI is InChI=1S/C28H36N2O5/c1-33-26-14-6-5-9-22(26)19-30(21-25-13-8-17-34-25)28(32)23-10-7-16-29(20-23)27(31)15-18-35-24-11-3-2-4-12-24/h2-6,9,11-12,14,23,25H,7-8,10,13,15-21H2,1H3. The number of nitrogens with zero attached hydrogens (tertiary/aromatic N) is 2. The fourth-order valence-corrected chi connectivity index (χ4v) is 4.90. The predicted octanol–water partition coefficient (Wildman–Crippen LogP) is 3.91. The van der Waals surface area contributed by atoms with Gasteiger partial charge in [0.05, 0.1) is 32.2 Å². The van der Waals surface area contributed by atoms with Crippen molar-refractivity contribution in [3.63, 3.8) is 0 Å². The maximum absolute atomic E-state index is 13.7. The number of para-hydroxylation sites is 2. The van der Waals surface area contributed by atoms with Crippen LogP contribution >= 0.6 is 0 Å². The lowest BCUT2D eigenvalue weighted by atomic mass is 9.95. The van der Waals surface area contributed by atoms with Crippen molar-refractivity contribution in [1.29, 1.82) is 0 Å². The summed E-state index contributed by atoms with van der Waals surface area (Å²) in [6.07, 6.45) is 3.97. The molecule has 0 aliphatic carbocycles. The molecule has 4 rings (SSSR count). The Morgan fingerprint density at radius 1 is 1.06 bits per heavy atom. The molecule has 2 atom stereocenters. The first-order valence-electron chi connectivity index (χ1n) is 12.6. The summed E-state index contributed by atoms with van der Waals surface area (Å²) in [4.78, 5) is 30.3. The second-order valence-corrected chi connectivity index (χ2v) is 9.26. The van der Waals surface area contributed by atoms with Gasteiger partial charge in [-0.3, -0.25) is 9.59 Å². The Kier molecular flexibility index (Phi) is 9.01. The van der Waals surface area contributed by atoms with Crippen LogP contribution in [0, 0.1) is 5.92 Å². The minimum Gasteiger partial charge on any atom is -0.496 e. The predicted molar refractivity (Wildman–Crippen MR) is 133 cm³/mol. The molecule has 0 aromatic heterocycles. The van der Waals surface area contributed by atoms with Crippen LogP contribution in [-0.4, -0.2) is 67.7 Å². The molecule has 7 nitrogen and oxygen atoms in total. The summed E-state index contributed by atoms with van der Waals surface area (Å²) in [7, 11) is 1.65. The van der Waals surface area contributed by atoms with Crippen LogP contribution in [0.2, 0.25) is 0 Å². The van der Waals surface area contributed by atoms with Crippen LogP contribution in [-0.2, 0) is 20.9 Å². The van der Waals surface area contributed by atoms with Crippen LogP contribution in [0.4, 0.5) is 0 Å². The van der Waals surface area contributed by atoms with Crippen LogP contribution in [0.15, 0.2) is 54.6 Å². The lowest BCUT2D eigenvalue weighted by Crippen LogP contribution is -2.48. The summed E-state index contributed by atoms with van der Waals surface area (Å²) >= 11 is 0. The zero-order chi connectivity index (χ0) is 24.5. The van der Waals surface area contributed by atoms with Gasteiger partial charge in [0.2, 0.25) is 11.8 Å². The van der Waals surface area contributed by atoms with Gasteiger partial charge in [0.25, 0.3) is 0 Å². The molecule has 188 valence electrons. The van der Waals surface area contributed by atoms with E-state index in [-0.39, 0.29) is 23.8 Å². The Balaban J connectivity index is 1.37. The van der Waals surface area contributed by atoms with E-state index in [9.17, 15) is 9.59 Å². The number of hydrogen-bond acceptors (Lipinski definition) is 5. The van der Waals surface area contributed by atoms with Crippen molar-refractivity contribution in [2.24, 2.45) is 5.92 Å². The number of ether oxygens (including phenoxy) is 3. The van der Waals surface area contributed by atoms with Gasteiger partial charge in [-0.25, -0.2) is 0 Å². The van der Waals surface area contributed by atoms with Crippen molar-refractivity contribution < 1.29 is 23.8 Å². The van der Waals surface area contributed by atoms with Gasteiger partial charge in [-0.05, 0) is 43.9 Å². The summed E-state index contributed by atoms with van der Waals surface area (Å²) in [5.41, 5.74) is 0.975. The van der Waals surface area contributed by atoms with E-state index in [1.54, 1.807) is 7.11 Å². The number of rotatable bonds is 10. The number of benzene rings is 2. The van der Waals surface area contributed by atoms with Crippen LogP contribution in [0.5, 0.6) is 11.5 Å². The van der Waals surface area contributed by atoms with Crippen LogP contribution in [0.25, 0.3) is 0 Å². The first-order valence-corrected chi connectivity index (χ1v) is 12.6. The summed E-state index contributed by atoms with van der Waals surface area (Å²) in [5.74, 6) is 1.45. The van der Waals surface area contributed by atoms with Crippen molar-refractivity contribution in [2.75, 3.05) is 40.0 Å². The van der Waals surface area contributed by atoms with Gasteiger partial charge >= 0.3 is 0 Å². The normalized spacial score (nSPS) is 19.9. The lowest BCUT2D eigenvalue weighted by molar-refractivity contribution is -0.142. The molecule has 0 radical (unpaired) electrons. The first kappa shape index (κ1) is 25.0. The Morgan fingerprint density at radius 3 is 2.63 bits per heavy atom. The Bertz CT molecular complexity index is 961. The number of hydrogen-bond donors (Lipinski definition) is 0. The summed E-state index contributed by atoms with van der Waals surface area (Å²) in [6.45, 7) is 3.25. The topological polar surface area (TPSA) is 68.3 Å². The van der Waals surface area contributed by atoms with E-state index in [2.05, 4.69) is 0 Å². The van der Waals surface area contributed by atoms with Crippen LogP contribution < -0.4 is 9.47 Å². The minimum atomic E-state index is -0.209. The van der Waals surface area contributed by atoms with Gasteiger partial charge in [0.15, 0.2) is 0 Å². The van der Waals surface area contributed by atoms with Gasteiger partial charge in [-0.1, -0.05) is 36.4 Å². The highest BCUT2D eigenvalue weighted by Gasteiger charge is 2.33. The van der Waals surface area contributed by atoms with E-state index < -0.39 is 0 Å². The van der Waals surface area contributed by atoms with E-state index in [0.717, 1.165) is 49.4 Å². The monoisotopic (exact) mass is 480 g/mol. The molecule has 2 aliphatic heterocycles. The molecule has 2 aliphatic rings. The zero-order valence-corrected chi connectivity index (χ0v) is 20.6. The van der Waals surface area contributed by atoms with Crippen molar-refractivity contribution in [3.05, 3.63) is 60.2 Å². The van der Waals surface area contributed by atoms with Gasteiger partial charge in [-0.2, -0.15) is 0 Å². The smallest absolute Gasteiger partial charge is 0.227 e. The molecule has 2 heterocycles. The molecule has 0 bridgehead atoms. The summed E-state index contributed by atoms with van der Waals surface area (Å²) < 4.78 is 17.1. The molecule has 7 heteroatoms. The largest absolute Gasteiger partial charge is 0.496 e. The van der Waals surface area contributed by atoms with Crippen molar-refractivity contribution in [3.8, 4) is 11.5 Å². The van der Waals surface area contributed by atoms with E-state index in [0.29, 0.717) is 39.2 Å². The molecule has 2 saturated heterocycles. The third kappa shape index (κ3) is 6.98. The number of methoxy groups -OCH3 is 1. The van der Waals surface area contributed by atoms with Crippen molar-refractivity contribution in [2.45, 2.75) is 44.8 Å². The quantitative estimate of drug-likeness (QED) is 0.516. The highest BCUT2D eigenvalue weighted by molar-refractivity contribution is 5.81. The average molecular weight is 481 g/mol. The first-order chi connectivity index (χ1) is 17.1. The molecule has 35 heavy (non-hydrogen) atoms. The van der Waals surface area contributed by atoms with Gasteiger partial charge in [0, 0.05) is 38.3 Å². The summed E-state index contributed by atoms with van der Waals surface area (Å²) in [6, 6.07) is 17.3. The van der Waals surface area contributed by atoms with Crippen molar-refractivity contribution in [1.82, 2.24) is 9.80 Å². The molecule has 0 N–H and O–H groups in total. The van der Waals surface area contributed by atoms with Crippen LogP contribution in [0.3, 0.4) is 0 Å². The Labute approximate surface area is 207 Å². The molecular formula is C28H36N2O5. The fourth-order valence-electron chi connectivity index (χ4n) is 4.90. The maximum Gasteiger partial charge on any atom is 0.227 e. The highest BCUT2D eigenvalue weighted by atomic mass is 16.5. The van der Waals surface area contributed by atoms with Gasteiger partial charge in [0.1, 0.15) is 11.5 Å². The molecule has 2 fully saturated rings. The Hall–Kier alpha value is -3.06. The van der Waals surface area contributed by atoms with E-state index in [4.69, 9.17) is 14.2 Å². The SMILES string of the molecule is COc1ccccc1CN(CC1CCCO1)C(=O)C1CCCN(C(=O)CCOc2ccccc2)C1. The molecular weight excluding hydrogens is 444 g/mol. The molecule has 2 aromatic carbocycles. The number of carbonyl (C=O) groups excluding carboxylic acids is 2. The summed E-state index contributed by atoms with van der Waals surface area (Å²) in [5, 5.41) is 0. The van der Waals surface area contributed by atoms with E-state index in [1.807, 2.05) is 64.4 Å². The number of likely N-dealkylation sites (tertiary alicyclic amines) is 1. The van der Waals surface area contributed by atoms with Gasteiger partial charge < -0.3 is 24.0 Å². The molecule has 2 amide bonds. The third-order valence-electron chi connectivity index (χ3n) is 6.76. The minimum absolute atomic E-state index is 0.0360. The Morgan fingerprint density at radius 2 is 1.86 bits per heavy atom. The number of amides is 2.